The highest BCUT2D eigenvalue weighted by Crippen LogP contribution is 2.13. The summed E-state index contributed by atoms with van der Waals surface area (Å²) in [6.07, 6.45) is 7.00. The molecule has 0 spiro atoms. The molecule has 0 radical (unpaired) electrons. The number of nitrogens with zero attached hydrogens (tertiary/aromatic N) is 3. The molecule has 0 bridgehead atoms. The van der Waals surface area contributed by atoms with Crippen LogP contribution in [-0.4, -0.2) is 29.6 Å². The SMILES string of the molecule is CCCNc1cncc(N(CCC)CCC)n1. The molecule has 17 heavy (non-hydrogen) atoms. The van der Waals surface area contributed by atoms with E-state index in [1.54, 1.807) is 6.20 Å². The Labute approximate surface area is 104 Å². The van der Waals surface area contributed by atoms with Gasteiger partial charge in [-0.15, -0.1) is 0 Å². The first-order valence-corrected chi connectivity index (χ1v) is 6.62. The highest BCUT2D eigenvalue weighted by molar-refractivity contribution is 5.43. The van der Waals surface area contributed by atoms with E-state index in [2.05, 4.69) is 41.0 Å². The number of hydrogen-bond acceptors (Lipinski definition) is 4. The van der Waals surface area contributed by atoms with Crippen molar-refractivity contribution in [2.75, 3.05) is 29.9 Å². The first-order valence-electron chi connectivity index (χ1n) is 6.62. The minimum absolute atomic E-state index is 0.876. The van der Waals surface area contributed by atoms with Gasteiger partial charge < -0.3 is 10.2 Å². The predicted molar refractivity (Wildman–Crippen MR) is 73.6 cm³/mol. The summed E-state index contributed by atoms with van der Waals surface area (Å²) >= 11 is 0. The molecule has 1 aromatic heterocycles. The van der Waals surface area contributed by atoms with Crippen LogP contribution >= 0.6 is 0 Å². The fourth-order valence-electron chi connectivity index (χ4n) is 1.73. The Bertz CT molecular complexity index is 308. The molecule has 0 saturated carbocycles. The van der Waals surface area contributed by atoms with E-state index < -0.39 is 0 Å². The summed E-state index contributed by atoms with van der Waals surface area (Å²) in [5.74, 6) is 1.86. The van der Waals surface area contributed by atoms with Crippen molar-refractivity contribution in [3.8, 4) is 0 Å². The first-order chi connectivity index (χ1) is 8.31. The summed E-state index contributed by atoms with van der Waals surface area (Å²) in [6.45, 7) is 9.55. The number of anilines is 2. The maximum absolute atomic E-state index is 4.60. The highest BCUT2D eigenvalue weighted by atomic mass is 15.2. The Morgan fingerprint density at radius 3 is 2.35 bits per heavy atom. The van der Waals surface area contributed by atoms with E-state index in [9.17, 15) is 0 Å². The zero-order valence-corrected chi connectivity index (χ0v) is 11.2. The average Bonchev–Trinajstić information content (AvgIpc) is 2.36. The van der Waals surface area contributed by atoms with Crippen LogP contribution in [0.25, 0.3) is 0 Å². The third kappa shape index (κ3) is 4.59. The van der Waals surface area contributed by atoms with E-state index in [0.717, 1.165) is 50.5 Å². The van der Waals surface area contributed by atoms with Gasteiger partial charge in [0.25, 0.3) is 0 Å². The Kier molecular flexibility index (Phi) is 6.37. The molecule has 0 fully saturated rings. The minimum atomic E-state index is 0.876. The topological polar surface area (TPSA) is 41.1 Å². The van der Waals surface area contributed by atoms with Crippen molar-refractivity contribution in [3.05, 3.63) is 12.4 Å². The lowest BCUT2D eigenvalue weighted by Crippen LogP contribution is -2.26. The standard InChI is InChI=1S/C13H24N4/c1-4-7-15-12-10-14-11-13(16-12)17(8-5-2)9-6-3/h10-11H,4-9H2,1-3H3,(H,15,16). The minimum Gasteiger partial charge on any atom is -0.369 e. The van der Waals surface area contributed by atoms with E-state index in [4.69, 9.17) is 0 Å². The molecule has 0 saturated heterocycles. The van der Waals surface area contributed by atoms with E-state index >= 15 is 0 Å². The third-order valence-electron chi connectivity index (χ3n) is 2.49. The van der Waals surface area contributed by atoms with Gasteiger partial charge in [0, 0.05) is 19.6 Å². The second-order valence-corrected chi connectivity index (χ2v) is 4.18. The van der Waals surface area contributed by atoms with Crippen molar-refractivity contribution in [1.82, 2.24) is 9.97 Å². The molecule has 0 amide bonds. The zero-order valence-electron chi connectivity index (χ0n) is 11.2. The summed E-state index contributed by atoms with van der Waals surface area (Å²) in [6, 6.07) is 0. The van der Waals surface area contributed by atoms with E-state index in [-0.39, 0.29) is 0 Å². The van der Waals surface area contributed by atoms with Gasteiger partial charge >= 0.3 is 0 Å². The van der Waals surface area contributed by atoms with Gasteiger partial charge in [0.15, 0.2) is 0 Å². The Balaban J connectivity index is 2.72. The molecule has 0 atom stereocenters. The summed E-state index contributed by atoms with van der Waals surface area (Å²) in [5.41, 5.74) is 0. The molecule has 1 aromatic rings. The van der Waals surface area contributed by atoms with Crippen LogP contribution in [0.1, 0.15) is 40.0 Å². The van der Waals surface area contributed by atoms with Gasteiger partial charge in [-0.1, -0.05) is 20.8 Å². The molecular weight excluding hydrogens is 212 g/mol. The van der Waals surface area contributed by atoms with E-state index in [0.29, 0.717) is 0 Å². The molecule has 4 heteroatoms. The van der Waals surface area contributed by atoms with Gasteiger partial charge in [-0.2, -0.15) is 0 Å². The van der Waals surface area contributed by atoms with Crippen LogP contribution in [-0.2, 0) is 0 Å². The van der Waals surface area contributed by atoms with Gasteiger partial charge in [-0.25, -0.2) is 4.98 Å². The van der Waals surface area contributed by atoms with Crippen LogP contribution in [0.4, 0.5) is 11.6 Å². The van der Waals surface area contributed by atoms with E-state index in [1.165, 1.54) is 0 Å². The summed E-state index contributed by atoms with van der Waals surface area (Å²) in [4.78, 5) is 11.2. The monoisotopic (exact) mass is 236 g/mol. The van der Waals surface area contributed by atoms with Crippen molar-refractivity contribution in [2.45, 2.75) is 40.0 Å². The lowest BCUT2D eigenvalue weighted by molar-refractivity contribution is 0.732. The average molecular weight is 236 g/mol. The van der Waals surface area contributed by atoms with Crippen molar-refractivity contribution in [1.29, 1.82) is 0 Å². The van der Waals surface area contributed by atoms with Crippen molar-refractivity contribution < 1.29 is 0 Å². The summed E-state index contributed by atoms with van der Waals surface area (Å²) < 4.78 is 0. The highest BCUT2D eigenvalue weighted by Gasteiger charge is 2.06. The normalized spacial score (nSPS) is 10.3. The van der Waals surface area contributed by atoms with Gasteiger partial charge in [0.05, 0.1) is 12.4 Å². The van der Waals surface area contributed by atoms with Crippen LogP contribution < -0.4 is 10.2 Å². The molecule has 1 rings (SSSR count). The molecular formula is C13H24N4. The smallest absolute Gasteiger partial charge is 0.149 e. The number of rotatable bonds is 8. The van der Waals surface area contributed by atoms with Crippen LogP contribution in [0.3, 0.4) is 0 Å². The molecule has 1 heterocycles. The fourth-order valence-corrected chi connectivity index (χ4v) is 1.73. The third-order valence-corrected chi connectivity index (χ3v) is 2.49. The Morgan fingerprint density at radius 1 is 1.06 bits per heavy atom. The van der Waals surface area contributed by atoms with Crippen molar-refractivity contribution in [2.24, 2.45) is 0 Å². The zero-order chi connectivity index (χ0) is 12.5. The largest absolute Gasteiger partial charge is 0.369 e. The molecule has 0 aliphatic carbocycles. The maximum Gasteiger partial charge on any atom is 0.149 e. The van der Waals surface area contributed by atoms with Crippen molar-refractivity contribution >= 4 is 11.6 Å². The van der Waals surface area contributed by atoms with Crippen LogP contribution in [0.15, 0.2) is 12.4 Å². The van der Waals surface area contributed by atoms with Crippen molar-refractivity contribution in [3.63, 3.8) is 0 Å². The van der Waals surface area contributed by atoms with E-state index in [1.807, 2.05) is 6.20 Å². The predicted octanol–water partition coefficient (Wildman–Crippen LogP) is 2.92. The second kappa shape index (κ2) is 7.87. The second-order valence-electron chi connectivity index (χ2n) is 4.18. The molecule has 0 aliphatic rings. The molecule has 0 aromatic carbocycles. The van der Waals surface area contributed by atoms with Gasteiger partial charge in [-0.05, 0) is 19.3 Å². The fraction of sp³-hybridized carbons (Fsp3) is 0.692. The quantitative estimate of drug-likeness (QED) is 0.753. The molecule has 0 unspecified atom stereocenters. The maximum atomic E-state index is 4.60. The van der Waals surface area contributed by atoms with Gasteiger partial charge in [0.1, 0.15) is 11.6 Å². The molecule has 1 N–H and O–H groups in total. The molecule has 96 valence electrons. The van der Waals surface area contributed by atoms with Crippen LogP contribution in [0.5, 0.6) is 0 Å². The lowest BCUT2D eigenvalue weighted by Gasteiger charge is -2.22. The Hall–Kier alpha value is -1.32. The number of nitrogens with one attached hydrogen (secondary N) is 1. The summed E-state index contributed by atoms with van der Waals surface area (Å²) in [5, 5.41) is 3.27. The lowest BCUT2D eigenvalue weighted by atomic mass is 10.3. The Morgan fingerprint density at radius 2 is 1.76 bits per heavy atom. The molecule has 4 nitrogen and oxygen atoms in total. The molecule has 0 aliphatic heterocycles. The van der Waals surface area contributed by atoms with Gasteiger partial charge in [-0.3, -0.25) is 4.98 Å². The van der Waals surface area contributed by atoms with Crippen LogP contribution in [0.2, 0.25) is 0 Å². The van der Waals surface area contributed by atoms with Crippen LogP contribution in [0, 0.1) is 0 Å². The van der Waals surface area contributed by atoms with Gasteiger partial charge in [0.2, 0.25) is 0 Å². The number of hydrogen-bond donors (Lipinski definition) is 1. The first kappa shape index (κ1) is 13.7. The number of aromatic nitrogens is 2. The summed E-state index contributed by atoms with van der Waals surface area (Å²) in [7, 11) is 0.